The molecule has 2 aromatic carbocycles. The molecule has 0 unspecified atom stereocenters. The fraction of sp³-hybridized carbons (Fsp3) is 0.150. The predicted molar refractivity (Wildman–Crippen MR) is 101 cm³/mol. The lowest BCUT2D eigenvalue weighted by Crippen LogP contribution is -2.21. The number of benzene rings is 2. The van der Waals surface area contributed by atoms with E-state index in [4.69, 9.17) is 9.47 Å². The number of hydrogen-bond acceptors (Lipinski definition) is 6. The fourth-order valence-corrected chi connectivity index (χ4v) is 2.58. The molecule has 0 N–H and O–H groups in total. The fourth-order valence-electron chi connectivity index (χ4n) is 2.58. The lowest BCUT2D eigenvalue weighted by atomic mass is 10.1. The van der Waals surface area contributed by atoms with Crippen LogP contribution < -0.4 is 14.5 Å². The maximum absolute atomic E-state index is 12.8. The molecular weight excluding hydrogens is 348 g/mol. The summed E-state index contributed by atoms with van der Waals surface area (Å²) < 4.78 is 14.8. The van der Waals surface area contributed by atoms with Crippen molar-refractivity contribution in [2.45, 2.75) is 6.92 Å². The summed E-state index contributed by atoms with van der Waals surface area (Å²) in [6.07, 6.45) is 0.876. The summed E-state index contributed by atoms with van der Waals surface area (Å²) in [5, 5.41) is 5.71. The Morgan fingerprint density at radius 3 is 2.48 bits per heavy atom. The summed E-state index contributed by atoms with van der Waals surface area (Å²) in [6.45, 7) is 1.78. The van der Waals surface area contributed by atoms with Crippen molar-refractivity contribution in [3.63, 3.8) is 0 Å². The van der Waals surface area contributed by atoms with Gasteiger partial charge in [0.25, 0.3) is 5.91 Å². The van der Waals surface area contributed by atoms with Gasteiger partial charge in [-0.2, -0.15) is 10.1 Å². The van der Waals surface area contributed by atoms with Crippen LogP contribution in [0.5, 0.6) is 11.5 Å². The lowest BCUT2D eigenvalue weighted by Gasteiger charge is -2.11. The first-order chi connectivity index (χ1) is 13.0. The third-order valence-corrected chi connectivity index (χ3v) is 3.92. The van der Waals surface area contributed by atoms with Crippen molar-refractivity contribution in [2.75, 3.05) is 19.2 Å². The van der Waals surface area contributed by atoms with Crippen LogP contribution in [-0.4, -0.2) is 32.0 Å². The van der Waals surface area contributed by atoms with Gasteiger partial charge in [0, 0.05) is 0 Å². The molecule has 138 valence electrons. The lowest BCUT2D eigenvalue weighted by molar-refractivity contribution is -0.114. The van der Waals surface area contributed by atoms with Crippen molar-refractivity contribution in [1.82, 2.24) is 0 Å². The highest BCUT2D eigenvalue weighted by atomic mass is 16.7. The van der Waals surface area contributed by atoms with Crippen LogP contribution in [0, 0.1) is 0 Å². The largest absolute Gasteiger partial charge is 0.513 e. The van der Waals surface area contributed by atoms with Crippen LogP contribution in [0.2, 0.25) is 0 Å². The number of nitrogens with zero attached hydrogens (tertiary/aromatic N) is 2. The molecule has 1 aliphatic heterocycles. The third-order valence-electron chi connectivity index (χ3n) is 3.92. The summed E-state index contributed by atoms with van der Waals surface area (Å²) in [7, 11) is 2.68. The Morgan fingerprint density at radius 2 is 1.81 bits per heavy atom. The SMILES string of the molecule is COC(=O)Oc1ccc(/C=C2\C(=O)N(c3ccccc3)N=C2C)cc1OC. The van der Waals surface area contributed by atoms with Crippen LogP contribution in [0.25, 0.3) is 6.08 Å². The van der Waals surface area contributed by atoms with Gasteiger partial charge in [-0.15, -0.1) is 0 Å². The van der Waals surface area contributed by atoms with Gasteiger partial charge in [-0.25, -0.2) is 4.79 Å². The first kappa shape index (κ1) is 18.2. The van der Waals surface area contributed by atoms with Gasteiger partial charge in [-0.05, 0) is 42.8 Å². The maximum atomic E-state index is 12.8. The summed E-state index contributed by atoms with van der Waals surface area (Å²) in [4.78, 5) is 24.0. The molecule has 1 aliphatic rings. The van der Waals surface area contributed by atoms with E-state index in [-0.39, 0.29) is 11.7 Å². The number of hydrogen-bond donors (Lipinski definition) is 0. The molecule has 3 rings (SSSR count). The Hall–Kier alpha value is -3.61. The van der Waals surface area contributed by atoms with E-state index >= 15 is 0 Å². The van der Waals surface area contributed by atoms with Gasteiger partial charge in [0.05, 0.1) is 31.2 Å². The third kappa shape index (κ3) is 3.82. The summed E-state index contributed by atoms with van der Waals surface area (Å²) in [5.41, 5.74) is 2.49. The number of carbonyl (C=O) groups is 2. The smallest absolute Gasteiger partial charge is 0.493 e. The molecule has 0 aliphatic carbocycles. The highest BCUT2D eigenvalue weighted by Crippen LogP contribution is 2.30. The number of para-hydroxylation sites is 1. The Kier molecular flexibility index (Phi) is 5.21. The van der Waals surface area contributed by atoms with Gasteiger partial charge >= 0.3 is 6.16 Å². The van der Waals surface area contributed by atoms with Crippen LogP contribution >= 0.6 is 0 Å². The molecule has 7 nitrogen and oxygen atoms in total. The monoisotopic (exact) mass is 366 g/mol. The number of rotatable bonds is 4. The molecule has 27 heavy (non-hydrogen) atoms. The zero-order chi connectivity index (χ0) is 19.4. The highest BCUT2D eigenvalue weighted by Gasteiger charge is 2.28. The molecule has 2 aromatic rings. The van der Waals surface area contributed by atoms with Crippen molar-refractivity contribution < 1.29 is 23.8 Å². The Bertz CT molecular complexity index is 935. The second-order valence-corrected chi connectivity index (χ2v) is 5.66. The van der Waals surface area contributed by atoms with Crippen LogP contribution in [0.3, 0.4) is 0 Å². The van der Waals surface area contributed by atoms with Crippen LogP contribution in [0.4, 0.5) is 10.5 Å². The molecule has 0 aromatic heterocycles. The van der Waals surface area contributed by atoms with Gasteiger partial charge < -0.3 is 14.2 Å². The molecule has 0 fully saturated rings. The minimum absolute atomic E-state index is 0.215. The molecule has 1 amide bonds. The molecular formula is C20H18N2O5. The number of carbonyl (C=O) groups excluding carboxylic acids is 2. The number of anilines is 1. The number of ether oxygens (including phenoxy) is 3. The van der Waals surface area contributed by atoms with Crippen molar-refractivity contribution in [2.24, 2.45) is 5.10 Å². The van der Waals surface area contributed by atoms with E-state index in [1.165, 1.54) is 19.2 Å². The van der Waals surface area contributed by atoms with E-state index in [0.717, 1.165) is 0 Å². The minimum Gasteiger partial charge on any atom is -0.493 e. The van der Waals surface area contributed by atoms with Gasteiger partial charge in [0.1, 0.15) is 0 Å². The van der Waals surface area contributed by atoms with Crippen molar-refractivity contribution >= 4 is 29.5 Å². The van der Waals surface area contributed by atoms with Crippen molar-refractivity contribution in [3.05, 3.63) is 59.7 Å². The topological polar surface area (TPSA) is 77.4 Å². The second-order valence-electron chi connectivity index (χ2n) is 5.66. The van der Waals surface area contributed by atoms with Crippen LogP contribution in [0.15, 0.2) is 59.2 Å². The van der Waals surface area contributed by atoms with Crippen LogP contribution in [-0.2, 0) is 9.53 Å². The highest BCUT2D eigenvalue weighted by molar-refractivity contribution is 6.32. The van der Waals surface area contributed by atoms with Crippen LogP contribution in [0.1, 0.15) is 12.5 Å². The number of amides is 1. The predicted octanol–water partition coefficient (Wildman–Crippen LogP) is 3.65. The summed E-state index contributed by atoms with van der Waals surface area (Å²) in [5.74, 6) is 0.350. The quantitative estimate of drug-likeness (QED) is 0.469. The Morgan fingerprint density at radius 1 is 1.07 bits per heavy atom. The molecule has 0 bridgehead atoms. The molecule has 0 saturated carbocycles. The van der Waals surface area contributed by atoms with Crippen molar-refractivity contribution in [3.8, 4) is 11.5 Å². The Labute approximate surface area is 156 Å². The number of hydrazone groups is 1. The zero-order valence-electron chi connectivity index (χ0n) is 15.1. The van der Waals surface area contributed by atoms with E-state index < -0.39 is 6.16 Å². The van der Waals surface area contributed by atoms with E-state index in [1.54, 1.807) is 31.2 Å². The standard InChI is InChI=1S/C20H18N2O5/c1-13-16(19(23)22(21-13)15-7-5-4-6-8-15)11-14-9-10-17(18(12-14)25-2)27-20(24)26-3/h4-12H,1-3H3/b16-11-. The van der Waals surface area contributed by atoms with E-state index in [1.807, 2.05) is 30.3 Å². The molecule has 0 radical (unpaired) electrons. The first-order valence-corrected chi connectivity index (χ1v) is 8.14. The summed E-state index contributed by atoms with van der Waals surface area (Å²) in [6, 6.07) is 14.2. The second kappa shape index (κ2) is 7.74. The Balaban J connectivity index is 1.89. The summed E-state index contributed by atoms with van der Waals surface area (Å²) >= 11 is 0. The molecule has 0 atom stereocenters. The first-order valence-electron chi connectivity index (χ1n) is 8.14. The maximum Gasteiger partial charge on any atom is 0.513 e. The van der Waals surface area contributed by atoms with Gasteiger partial charge in [0.2, 0.25) is 0 Å². The van der Waals surface area contributed by atoms with E-state index in [9.17, 15) is 9.59 Å². The van der Waals surface area contributed by atoms with Gasteiger partial charge in [0.15, 0.2) is 11.5 Å². The molecule has 0 saturated heterocycles. The van der Waals surface area contributed by atoms with E-state index in [2.05, 4.69) is 9.84 Å². The number of methoxy groups -OCH3 is 2. The minimum atomic E-state index is -0.841. The average molecular weight is 366 g/mol. The van der Waals surface area contributed by atoms with Crippen molar-refractivity contribution in [1.29, 1.82) is 0 Å². The molecule has 1 heterocycles. The normalized spacial score (nSPS) is 14.9. The zero-order valence-corrected chi connectivity index (χ0v) is 15.1. The molecule has 7 heteroatoms. The average Bonchev–Trinajstić information content (AvgIpc) is 2.97. The molecule has 0 spiro atoms. The van der Waals surface area contributed by atoms with Gasteiger partial charge in [-0.3, -0.25) is 4.79 Å². The van der Waals surface area contributed by atoms with Gasteiger partial charge in [-0.1, -0.05) is 24.3 Å². The van der Waals surface area contributed by atoms with E-state index in [0.29, 0.717) is 28.3 Å².